The van der Waals surface area contributed by atoms with E-state index in [1.807, 2.05) is 39.1 Å². The van der Waals surface area contributed by atoms with E-state index in [2.05, 4.69) is 26.7 Å². The normalized spacial score (nSPS) is 11.9. The molecule has 3 rings (SSSR count). The molecule has 1 unspecified atom stereocenters. The zero-order valence-electron chi connectivity index (χ0n) is 20.6. The lowest BCUT2D eigenvalue weighted by molar-refractivity contribution is -0.130. The van der Waals surface area contributed by atoms with Gasteiger partial charge in [0.25, 0.3) is 5.56 Å². The third-order valence-corrected chi connectivity index (χ3v) is 5.99. The number of H-pyrrole nitrogens is 1. The standard InChI is InChI=1S/C25H33N5O4/c1-15-23-19(11-20(33-5)24(15)34-6)28-21(29-25(23)32)13-27-12-17-8-7-9-18(10-17)16(2)30(4)22(31)14-26-3/h7-11,16,26-27H,12-14H2,1-6H3,(H,28,29,32). The fourth-order valence-corrected chi connectivity index (χ4v) is 3.99. The summed E-state index contributed by atoms with van der Waals surface area (Å²) < 4.78 is 10.8. The fourth-order valence-electron chi connectivity index (χ4n) is 3.99. The zero-order valence-corrected chi connectivity index (χ0v) is 20.6. The predicted octanol–water partition coefficient (Wildman–Crippen LogP) is 2.28. The summed E-state index contributed by atoms with van der Waals surface area (Å²) in [6.45, 7) is 5.10. The minimum Gasteiger partial charge on any atom is -0.493 e. The van der Waals surface area contributed by atoms with E-state index in [-0.39, 0.29) is 17.5 Å². The molecule has 2 aromatic carbocycles. The largest absolute Gasteiger partial charge is 0.493 e. The van der Waals surface area contributed by atoms with Crippen molar-refractivity contribution < 1.29 is 14.3 Å². The number of likely N-dealkylation sites (N-methyl/N-ethyl adjacent to an activating group) is 2. The van der Waals surface area contributed by atoms with Crippen molar-refractivity contribution in [3.8, 4) is 11.5 Å². The number of aryl methyl sites for hydroxylation is 1. The van der Waals surface area contributed by atoms with Gasteiger partial charge in [0.2, 0.25) is 5.91 Å². The third-order valence-electron chi connectivity index (χ3n) is 5.99. The van der Waals surface area contributed by atoms with Crippen LogP contribution in [-0.4, -0.2) is 55.6 Å². The topological polar surface area (TPSA) is 109 Å². The number of amides is 1. The van der Waals surface area contributed by atoms with Crippen LogP contribution in [0, 0.1) is 6.92 Å². The Morgan fingerprint density at radius 3 is 2.65 bits per heavy atom. The summed E-state index contributed by atoms with van der Waals surface area (Å²) >= 11 is 0. The highest BCUT2D eigenvalue weighted by Crippen LogP contribution is 2.34. The molecule has 9 nitrogen and oxygen atoms in total. The number of ether oxygens (including phenoxy) is 2. The molecule has 1 amide bonds. The summed E-state index contributed by atoms with van der Waals surface area (Å²) in [4.78, 5) is 34.1. The third kappa shape index (κ3) is 5.37. The molecule has 34 heavy (non-hydrogen) atoms. The molecule has 0 saturated carbocycles. The van der Waals surface area contributed by atoms with Gasteiger partial charge in [-0.25, -0.2) is 4.98 Å². The summed E-state index contributed by atoms with van der Waals surface area (Å²) in [7, 11) is 6.67. The molecule has 0 spiro atoms. The molecule has 1 aromatic heterocycles. The van der Waals surface area contributed by atoms with E-state index in [9.17, 15) is 9.59 Å². The lowest BCUT2D eigenvalue weighted by Crippen LogP contribution is -2.35. The first-order chi connectivity index (χ1) is 16.3. The van der Waals surface area contributed by atoms with Crippen LogP contribution < -0.4 is 25.7 Å². The molecule has 0 aliphatic carbocycles. The molecule has 0 radical (unpaired) electrons. The van der Waals surface area contributed by atoms with E-state index in [4.69, 9.17) is 9.47 Å². The average Bonchev–Trinajstić information content (AvgIpc) is 2.82. The maximum Gasteiger partial charge on any atom is 0.259 e. The lowest BCUT2D eigenvalue weighted by atomic mass is 10.0. The molecule has 3 aromatic rings. The highest BCUT2D eigenvalue weighted by molar-refractivity contribution is 5.86. The molecule has 0 saturated heterocycles. The SMILES string of the molecule is CNCC(=O)N(C)C(C)c1cccc(CNCc2nc3cc(OC)c(OC)c(C)c3c(=O)[nH]2)c1. The van der Waals surface area contributed by atoms with E-state index < -0.39 is 0 Å². The molecular weight excluding hydrogens is 434 g/mol. The smallest absolute Gasteiger partial charge is 0.259 e. The van der Waals surface area contributed by atoms with Gasteiger partial charge in [-0.3, -0.25) is 9.59 Å². The van der Waals surface area contributed by atoms with Gasteiger partial charge in [-0.15, -0.1) is 0 Å². The Labute approximate surface area is 199 Å². The summed E-state index contributed by atoms with van der Waals surface area (Å²) in [5.41, 5.74) is 3.16. The second kappa shape index (κ2) is 11.1. The quantitative estimate of drug-likeness (QED) is 0.420. The highest BCUT2D eigenvalue weighted by atomic mass is 16.5. The van der Waals surface area contributed by atoms with Crippen LogP contribution in [0.15, 0.2) is 35.1 Å². The Morgan fingerprint density at radius 2 is 1.97 bits per heavy atom. The summed E-state index contributed by atoms with van der Waals surface area (Å²) in [5.74, 6) is 1.63. The van der Waals surface area contributed by atoms with Gasteiger partial charge in [0.05, 0.1) is 44.3 Å². The van der Waals surface area contributed by atoms with Crippen molar-refractivity contribution in [2.75, 3.05) is 34.9 Å². The van der Waals surface area contributed by atoms with Crippen LogP contribution in [0.4, 0.5) is 0 Å². The van der Waals surface area contributed by atoms with Gasteiger partial charge in [0.15, 0.2) is 11.5 Å². The molecule has 1 atom stereocenters. The maximum atomic E-state index is 12.7. The maximum absolute atomic E-state index is 12.7. The van der Waals surface area contributed by atoms with Crippen LogP contribution in [-0.2, 0) is 17.9 Å². The van der Waals surface area contributed by atoms with Crippen molar-refractivity contribution in [2.24, 2.45) is 0 Å². The molecule has 3 N–H and O–H groups in total. The number of nitrogens with zero attached hydrogens (tertiary/aromatic N) is 2. The molecule has 0 bridgehead atoms. The molecule has 0 aliphatic heterocycles. The van der Waals surface area contributed by atoms with E-state index >= 15 is 0 Å². The van der Waals surface area contributed by atoms with Gasteiger partial charge in [-0.2, -0.15) is 0 Å². The number of benzene rings is 2. The van der Waals surface area contributed by atoms with E-state index in [1.54, 1.807) is 32.2 Å². The van der Waals surface area contributed by atoms with Crippen LogP contribution in [0.3, 0.4) is 0 Å². The Balaban J connectivity index is 1.73. The van der Waals surface area contributed by atoms with Gasteiger partial charge in [0, 0.05) is 25.2 Å². The number of carbonyl (C=O) groups excluding carboxylic acids is 1. The highest BCUT2D eigenvalue weighted by Gasteiger charge is 2.18. The molecule has 0 fully saturated rings. The van der Waals surface area contributed by atoms with E-state index in [1.165, 1.54) is 0 Å². The number of carbonyl (C=O) groups is 1. The number of aromatic nitrogens is 2. The van der Waals surface area contributed by atoms with Crippen molar-refractivity contribution in [3.05, 3.63) is 63.2 Å². The summed E-state index contributed by atoms with van der Waals surface area (Å²) in [6, 6.07) is 9.78. The fraction of sp³-hybridized carbons (Fsp3) is 0.400. The Kier molecular flexibility index (Phi) is 8.25. The van der Waals surface area contributed by atoms with Gasteiger partial charge in [-0.05, 0) is 32.0 Å². The second-order valence-electron chi connectivity index (χ2n) is 8.20. The number of hydrogen-bond acceptors (Lipinski definition) is 7. The first-order valence-electron chi connectivity index (χ1n) is 11.1. The van der Waals surface area contributed by atoms with Gasteiger partial charge >= 0.3 is 0 Å². The minimum atomic E-state index is -0.217. The van der Waals surface area contributed by atoms with Crippen molar-refractivity contribution in [1.82, 2.24) is 25.5 Å². The Bertz CT molecular complexity index is 1220. The predicted molar refractivity (Wildman–Crippen MR) is 132 cm³/mol. The van der Waals surface area contributed by atoms with Gasteiger partial charge < -0.3 is 30.0 Å². The number of rotatable bonds is 10. The van der Waals surface area contributed by atoms with Crippen LogP contribution in [0.5, 0.6) is 11.5 Å². The molecule has 182 valence electrons. The van der Waals surface area contributed by atoms with Crippen molar-refractivity contribution >= 4 is 16.8 Å². The van der Waals surface area contributed by atoms with Crippen molar-refractivity contribution in [1.29, 1.82) is 0 Å². The first kappa shape index (κ1) is 25.2. The van der Waals surface area contributed by atoms with E-state index in [0.717, 1.165) is 11.1 Å². The number of fused-ring (bicyclic) bond motifs is 1. The minimum absolute atomic E-state index is 0.0364. The van der Waals surface area contributed by atoms with Crippen molar-refractivity contribution in [2.45, 2.75) is 33.0 Å². The zero-order chi connectivity index (χ0) is 24.8. The number of methoxy groups -OCH3 is 2. The van der Waals surface area contributed by atoms with Gasteiger partial charge in [-0.1, -0.05) is 24.3 Å². The van der Waals surface area contributed by atoms with Crippen LogP contribution in [0.2, 0.25) is 0 Å². The van der Waals surface area contributed by atoms with Crippen LogP contribution >= 0.6 is 0 Å². The van der Waals surface area contributed by atoms with Crippen LogP contribution in [0.1, 0.15) is 35.5 Å². The summed E-state index contributed by atoms with van der Waals surface area (Å²) in [5, 5.41) is 6.72. The molecular formula is C25H33N5O4. The average molecular weight is 468 g/mol. The number of nitrogens with one attached hydrogen (secondary N) is 3. The number of aromatic amines is 1. The lowest BCUT2D eigenvalue weighted by Gasteiger charge is -2.25. The Hall–Kier alpha value is -3.43. The van der Waals surface area contributed by atoms with Crippen molar-refractivity contribution in [3.63, 3.8) is 0 Å². The summed E-state index contributed by atoms with van der Waals surface area (Å²) in [6.07, 6.45) is 0. The second-order valence-corrected chi connectivity index (χ2v) is 8.20. The van der Waals surface area contributed by atoms with Gasteiger partial charge in [0.1, 0.15) is 5.82 Å². The molecule has 9 heteroatoms. The Morgan fingerprint density at radius 1 is 1.21 bits per heavy atom. The number of hydrogen-bond donors (Lipinski definition) is 3. The van der Waals surface area contributed by atoms with Crippen LogP contribution in [0.25, 0.3) is 10.9 Å². The first-order valence-corrected chi connectivity index (χ1v) is 11.1. The molecule has 1 heterocycles. The molecule has 0 aliphatic rings. The monoisotopic (exact) mass is 467 g/mol. The van der Waals surface area contributed by atoms with E-state index in [0.29, 0.717) is 53.4 Å².